The molecule has 17 heavy (non-hydrogen) atoms. The number of para-hydroxylation sites is 1. The van der Waals surface area contributed by atoms with E-state index < -0.39 is 0 Å². The van der Waals surface area contributed by atoms with Crippen LogP contribution in [0.1, 0.15) is 15.4 Å². The Balaban J connectivity index is 2.06. The minimum Gasteiger partial charge on any atom is -0.453 e. The van der Waals surface area contributed by atoms with Crippen molar-refractivity contribution in [2.24, 2.45) is 0 Å². The van der Waals surface area contributed by atoms with Gasteiger partial charge in [0.1, 0.15) is 5.58 Å². The quantitative estimate of drug-likeness (QED) is 0.642. The zero-order valence-electron chi connectivity index (χ0n) is 8.64. The van der Waals surface area contributed by atoms with Gasteiger partial charge in [-0.25, -0.2) is 0 Å². The molecule has 0 saturated heterocycles. The molecule has 0 spiro atoms. The molecule has 3 rings (SSSR count). The van der Waals surface area contributed by atoms with Gasteiger partial charge in [0.05, 0.1) is 9.21 Å². The maximum absolute atomic E-state index is 12.1. The van der Waals surface area contributed by atoms with E-state index in [1.807, 2.05) is 24.3 Å². The first kappa shape index (κ1) is 10.6. The molecule has 0 aliphatic heterocycles. The Labute approximate surface area is 106 Å². The summed E-state index contributed by atoms with van der Waals surface area (Å²) in [5, 5.41) is 0.929. The van der Waals surface area contributed by atoms with Gasteiger partial charge >= 0.3 is 0 Å². The normalized spacial score (nSPS) is 10.9. The molecule has 4 heteroatoms. The largest absolute Gasteiger partial charge is 0.453 e. The molecule has 2 aromatic heterocycles. The molecule has 2 nitrogen and oxygen atoms in total. The van der Waals surface area contributed by atoms with E-state index >= 15 is 0 Å². The molecule has 0 aliphatic rings. The molecule has 2 heterocycles. The Hall–Kier alpha value is -1.58. The summed E-state index contributed by atoms with van der Waals surface area (Å²) in [5.74, 6) is 0.225. The number of hydrogen-bond acceptors (Lipinski definition) is 3. The second-order valence-corrected chi connectivity index (χ2v) is 5.30. The number of hydrogen-bond donors (Lipinski definition) is 0. The van der Waals surface area contributed by atoms with Crippen LogP contribution >= 0.6 is 22.9 Å². The molecule has 0 bridgehead atoms. The number of ketones is 1. The Morgan fingerprint density at radius 3 is 2.71 bits per heavy atom. The van der Waals surface area contributed by atoms with E-state index in [2.05, 4.69) is 0 Å². The zero-order valence-corrected chi connectivity index (χ0v) is 10.2. The van der Waals surface area contributed by atoms with Crippen LogP contribution in [0.5, 0.6) is 0 Å². The SMILES string of the molecule is O=C(c1cc2ccccc2o1)c1ccc(Cl)s1. The van der Waals surface area contributed by atoms with Crippen molar-refractivity contribution in [3.63, 3.8) is 0 Å². The van der Waals surface area contributed by atoms with Gasteiger partial charge in [-0.2, -0.15) is 0 Å². The molecular formula is C13H7ClO2S. The Morgan fingerprint density at radius 2 is 2.00 bits per heavy atom. The molecule has 1 aromatic carbocycles. The average Bonchev–Trinajstić information content (AvgIpc) is 2.93. The number of benzene rings is 1. The fraction of sp³-hybridized carbons (Fsp3) is 0. The van der Waals surface area contributed by atoms with Gasteiger partial charge < -0.3 is 4.42 Å². The number of carbonyl (C=O) groups excluding carboxylic acids is 1. The van der Waals surface area contributed by atoms with Crippen molar-refractivity contribution in [1.82, 2.24) is 0 Å². The summed E-state index contributed by atoms with van der Waals surface area (Å²) in [6.07, 6.45) is 0. The van der Waals surface area contributed by atoms with Gasteiger partial charge in [-0.3, -0.25) is 4.79 Å². The fourth-order valence-electron chi connectivity index (χ4n) is 1.65. The standard InChI is InChI=1S/C13H7ClO2S/c14-12-6-5-11(17-12)13(15)10-7-8-3-1-2-4-9(8)16-10/h1-7H. The number of rotatable bonds is 2. The number of carbonyl (C=O) groups is 1. The van der Waals surface area contributed by atoms with Crippen LogP contribution in [0.3, 0.4) is 0 Å². The lowest BCUT2D eigenvalue weighted by Gasteiger charge is -1.90. The van der Waals surface area contributed by atoms with E-state index in [1.54, 1.807) is 18.2 Å². The second-order valence-electron chi connectivity index (χ2n) is 3.58. The average molecular weight is 263 g/mol. The molecule has 0 radical (unpaired) electrons. The van der Waals surface area contributed by atoms with Crippen LogP contribution in [0.15, 0.2) is 46.9 Å². The van der Waals surface area contributed by atoms with Crippen LogP contribution < -0.4 is 0 Å². The van der Waals surface area contributed by atoms with E-state index in [-0.39, 0.29) is 5.78 Å². The summed E-state index contributed by atoms with van der Waals surface area (Å²) < 4.78 is 6.11. The molecule has 3 aromatic rings. The monoisotopic (exact) mass is 262 g/mol. The highest BCUT2D eigenvalue weighted by atomic mass is 35.5. The maximum Gasteiger partial charge on any atom is 0.238 e. The molecule has 84 valence electrons. The Bertz CT molecular complexity index is 663. The Morgan fingerprint density at radius 1 is 1.18 bits per heavy atom. The predicted molar refractivity (Wildman–Crippen MR) is 69.0 cm³/mol. The number of halogens is 1. The number of furan rings is 1. The van der Waals surface area contributed by atoms with E-state index in [0.29, 0.717) is 15.0 Å². The van der Waals surface area contributed by atoms with E-state index in [9.17, 15) is 4.79 Å². The summed E-state index contributed by atoms with van der Waals surface area (Å²) in [7, 11) is 0. The van der Waals surface area contributed by atoms with Crippen LogP contribution in [0.4, 0.5) is 0 Å². The van der Waals surface area contributed by atoms with Gasteiger partial charge in [0.15, 0.2) is 5.76 Å². The van der Waals surface area contributed by atoms with E-state index in [4.69, 9.17) is 16.0 Å². The topological polar surface area (TPSA) is 30.2 Å². The molecular weight excluding hydrogens is 256 g/mol. The van der Waals surface area contributed by atoms with Gasteiger partial charge in [0, 0.05) is 5.39 Å². The van der Waals surface area contributed by atoms with Crippen LogP contribution in [0.2, 0.25) is 4.34 Å². The van der Waals surface area contributed by atoms with Crippen molar-refractivity contribution in [2.45, 2.75) is 0 Å². The van der Waals surface area contributed by atoms with E-state index in [1.165, 1.54) is 11.3 Å². The lowest BCUT2D eigenvalue weighted by atomic mass is 10.2. The first-order valence-electron chi connectivity index (χ1n) is 5.02. The van der Waals surface area contributed by atoms with Gasteiger partial charge in [-0.05, 0) is 24.3 Å². The van der Waals surface area contributed by atoms with Crippen molar-refractivity contribution in [3.05, 3.63) is 57.4 Å². The minimum atomic E-state index is -0.127. The molecule has 0 saturated carbocycles. The van der Waals surface area contributed by atoms with Crippen LogP contribution in [-0.2, 0) is 0 Å². The van der Waals surface area contributed by atoms with E-state index in [0.717, 1.165) is 11.0 Å². The van der Waals surface area contributed by atoms with Crippen molar-refractivity contribution in [2.75, 3.05) is 0 Å². The smallest absolute Gasteiger partial charge is 0.238 e. The summed E-state index contributed by atoms with van der Waals surface area (Å²) >= 11 is 7.06. The molecule has 0 unspecified atom stereocenters. The van der Waals surface area contributed by atoms with Crippen molar-refractivity contribution < 1.29 is 9.21 Å². The van der Waals surface area contributed by atoms with Crippen LogP contribution in [0.25, 0.3) is 11.0 Å². The molecule has 0 aliphatic carbocycles. The Kier molecular flexibility index (Phi) is 2.50. The van der Waals surface area contributed by atoms with Gasteiger partial charge in [0.25, 0.3) is 0 Å². The third kappa shape index (κ3) is 1.88. The highest BCUT2D eigenvalue weighted by Crippen LogP contribution is 2.26. The van der Waals surface area contributed by atoms with Crippen LogP contribution in [0, 0.1) is 0 Å². The number of thiophene rings is 1. The molecule has 0 N–H and O–H groups in total. The molecule has 0 fully saturated rings. The zero-order chi connectivity index (χ0) is 11.8. The highest BCUT2D eigenvalue weighted by Gasteiger charge is 2.16. The lowest BCUT2D eigenvalue weighted by Crippen LogP contribution is -1.95. The molecule has 0 atom stereocenters. The van der Waals surface area contributed by atoms with Crippen LogP contribution in [-0.4, -0.2) is 5.78 Å². The second kappa shape index (κ2) is 4.02. The first-order valence-corrected chi connectivity index (χ1v) is 6.22. The summed E-state index contributed by atoms with van der Waals surface area (Å²) in [4.78, 5) is 12.7. The van der Waals surface area contributed by atoms with Crippen molar-refractivity contribution in [3.8, 4) is 0 Å². The maximum atomic E-state index is 12.1. The third-order valence-corrected chi connectivity index (χ3v) is 3.68. The summed E-state index contributed by atoms with van der Waals surface area (Å²) in [5.41, 5.74) is 0.721. The van der Waals surface area contributed by atoms with Gasteiger partial charge in [-0.1, -0.05) is 29.8 Å². The highest BCUT2D eigenvalue weighted by molar-refractivity contribution is 7.18. The summed E-state index contributed by atoms with van der Waals surface area (Å²) in [6.45, 7) is 0. The lowest BCUT2D eigenvalue weighted by molar-refractivity contribution is 0.101. The third-order valence-electron chi connectivity index (χ3n) is 2.45. The molecule has 0 amide bonds. The predicted octanol–water partition coefficient (Wildman–Crippen LogP) is 4.38. The van der Waals surface area contributed by atoms with Crippen molar-refractivity contribution >= 4 is 39.7 Å². The van der Waals surface area contributed by atoms with Gasteiger partial charge in [-0.15, -0.1) is 11.3 Å². The minimum absolute atomic E-state index is 0.127. The van der Waals surface area contributed by atoms with Crippen molar-refractivity contribution in [1.29, 1.82) is 0 Å². The first-order chi connectivity index (χ1) is 8.24. The number of fused-ring (bicyclic) bond motifs is 1. The fourth-order valence-corrected chi connectivity index (χ4v) is 2.64. The summed E-state index contributed by atoms with van der Waals surface area (Å²) in [6, 6.07) is 12.7. The van der Waals surface area contributed by atoms with Gasteiger partial charge in [0.2, 0.25) is 5.78 Å².